The van der Waals surface area contributed by atoms with Gasteiger partial charge in [0.05, 0.1) is 6.10 Å². The Morgan fingerprint density at radius 2 is 1.71 bits per heavy atom. The van der Waals surface area contributed by atoms with Gasteiger partial charge in [-0.2, -0.15) is 0 Å². The molecule has 1 unspecified atom stereocenters. The molecule has 1 saturated heterocycles. The number of benzene rings is 2. The van der Waals surface area contributed by atoms with Crippen molar-refractivity contribution in [1.82, 2.24) is 5.32 Å². The van der Waals surface area contributed by atoms with Gasteiger partial charge in [0.15, 0.2) is 0 Å². The van der Waals surface area contributed by atoms with Crippen LogP contribution in [0.4, 0.5) is 0 Å². The molecule has 0 aromatic heterocycles. The fourth-order valence-corrected chi connectivity index (χ4v) is 3.76. The summed E-state index contributed by atoms with van der Waals surface area (Å²) in [6.07, 6.45) is 2.82. The van der Waals surface area contributed by atoms with E-state index in [2.05, 4.69) is 47.8 Å². The van der Waals surface area contributed by atoms with Crippen molar-refractivity contribution in [2.75, 3.05) is 13.1 Å². The summed E-state index contributed by atoms with van der Waals surface area (Å²) in [6, 6.07) is 15.2. The number of hydrogen-bond donors (Lipinski definition) is 2. The highest BCUT2D eigenvalue weighted by Crippen LogP contribution is 2.39. The van der Waals surface area contributed by atoms with Crippen LogP contribution in [-0.4, -0.2) is 18.2 Å². The van der Waals surface area contributed by atoms with Crippen molar-refractivity contribution in [2.45, 2.75) is 25.4 Å². The summed E-state index contributed by atoms with van der Waals surface area (Å²) in [7, 11) is 0. The lowest BCUT2D eigenvalue weighted by Gasteiger charge is -2.27. The summed E-state index contributed by atoms with van der Waals surface area (Å²) in [4.78, 5) is 0. The maximum absolute atomic E-state index is 10.7. The molecule has 2 aliphatic rings. The number of fused-ring (bicyclic) bond motifs is 3. The molecule has 2 nitrogen and oxygen atoms in total. The van der Waals surface area contributed by atoms with Crippen LogP contribution in [0.2, 0.25) is 0 Å². The quantitative estimate of drug-likeness (QED) is 0.754. The van der Waals surface area contributed by atoms with Gasteiger partial charge >= 0.3 is 0 Å². The molecule has 0 saturated carbocycles. The summed E-state index contributed by atoms with van der Waals surface area (Å²) >= 11 is 0. The van der Waals surface area contributed by atoms with Crippen LogP contribution in [-0.2, 0) is 6.42 Å². The van der Waals surface area contributed by atoms with E-state index in [9.17, 15) is 5.11 Å². The van der Waals surface area contributed by atoms with E-state index in [0.29, 0.717) is 5.92 Å². The summed E-state index contributed by atoms with van der Waals surface area (Å²) in [5.41, 5.74) is 6.53. The smallest absolute Gasteiger partial charge is 0.0819 e. The van der Waals surface area contributed by atoms with Crippen molar-refractivity contribution < 1.29 is 5.11 Å². The van der Waals surface area contributed by atoms with E-state index >= 15 is 0 Å². The molecule has 1 aliphatic heterocycles. The van der Waals surface area contributed by atoms with Crippen molar-refractivity contribution in [2.24, 2.45) is 5.92 Å². The average Bonchev–Trinajstić information content (AvgIpc) is 2.93. The molecule has 2 aromatic carbocycles. The predicted octanol–water partition coefficient (Wildman–Crippen LogP) is 3.29. The van der Waals surface area contributed by atoms with Crippen molar-refractivity contribution in [3.8, 4) is 11.1 Å². The van der Waals surface area contributed by atoms with Crippen molar-refractivity contribution in [1.29, 1.82) is 0 Å². The summed E-state index contributed by atoms with van der Waals surface area (Å²) in [5, 5.41) is 14.1. The van der Waals surface area contributed by atoms with Crippen LogP contribution in [0.1, 0.15) is 35.6 Å². The van der Waals surface area contributed by atoms with Crippen LogP contribution in [0.5, 0.6) is 0 Å². The van der Waals surface area contributed by atoms with Crippen LogP contribution >= 0.6 is 0 Å². The predicted molar refractivity (Wildman–Crippen MR) is 85.2 cm³/mol. The molecule has 1 fully saturated rings. The topological polar surface area (TPSA) is 32.3 Å². The van der Waals surface area contributed by atoms with Gasteiger partial charge in [0.25, 0.3) is 0 Å². The number of aliphatic hydroxyl groups excluding tert-OH is 1. The molecule has 2 heteroatoms. The standard InChI is InChI=1S/C19H21NO/c21-19(13-7-9-20-10-8-13)16-6-5-15-11-14-3-1-2-4-17(14)18(15)12-16/h1-6,12-13,19-21H,7-11H2. The Hall–Kier alpha value is -1.64. The van der Waals surface area contributed by atoms with E-state index in [4.69, 9.17) is 0 Å². The maximum Gasteiger partial charge on any atom is 0.0819 e. The molecule has 2 N–H and O–H groups in total. The van der Waals surface area contributed by atoms with Crippen LogP contribution in [0, 0.1) is 5.92 Å². The lowest BCUT2D eigenvalue weighted by Crippen LogP contribution is -2.30. The lowest BCUT2D eigenvalue weighted by atomic mass is 9.87. The largest absolute Gasteiger partial charge is 0.388 e. The first-order chi connectivity index (χ1) is 10.3. The minimum absolute atomic E-state index is 0.329. The first kappa shape index (κ1) is 13.1. The molecule has 108 valence electrons. The first-order valence-electron chi connectivity index (χ1n) is 7.93. The zero-order valence-electron chi connectivity index (χ0n) is 12.2. The third-order valence-electron chi connectivity index (χ3n) is 4.99. The zero-order valence-corrected chi connectivity index (χ0v) is 12.2. The third-order valence-corrected chi connectivity index (χ3v) is 4.99. The second-order valence-corrected chi connectivity index (χ2v) is 6.28. The Labute approximate surface area is 125 Å². The fourth-order valence-electron chi connectivity index (χ4n) is 3.76. The summed E-state index contributed by atoms with van der Waals surface area (Å²) in [6.45, 7) is 2.05. The van der Waals surface area contributed by atoms with E-state index in [1.165, 1.54) is 22.3 Å². The highest BCUT2D eigenvalue weighted by molar-refractivity contribution is 5.77. The highest BCUT2D eigenvalue weighted by Gasteiger charge is 2.25. The molecule has 0 radical (unpaired) electrons. The van der Waals surface area contributed by atoms with Gasteiger partial charge in [0, 0.05) is 0 Å². The van der Waals surface area contributed by atoms with Crippen LogP contribution in [0.3, 0.4) is 0 Å². The molecule has 1 atom stereocenters. The highest BCUT2D eigenvalue weighted by atomic mass is 16.3. The molecule has 0 spiro atoms. The number of hydrogen-bond acceptors (Lipinski definition) is 2. The third kappa shape index (κ3) is 2.29. The zero-order chi connectivity index (χ0) is 14.2. The van der Waals surface area contributed by atoms with Gasteiger partial charge in [-0.25, -0.2) is 0 Å². The molecular weight excluding hydrogens is 258 g/mol. The number of rotatable bonds is 2. The Morgan fingerprint density at radius 3 is 2.57 bits per heavy atom. The number of aliphatic hydroxyl groups is 1. The molecule has 1 heterocycles. The number of nitrogens with one attached hydrogen (secondary N) is 1. The Morgan fingerprint density at radius 1 is 0.952 bits per heavy atom. The van der Waals surface area contributed by atoms with E-state index in [1.807, 2.05) is 0 Å². The lowest BCUT2D eigenvalue weighted by molar-refractivity contribution is 0.0890. The molecular formula is C19H21NO. The van der Waals surface area contributed by atoms with Crippen molar-refractivity contribution in [3.63, 3.8) is 0 Å². The Bertz CT molecular complexity index is 658. The Balaban J connectivity index is 1.67. The van der Waals surface area contributed by atoms with Gasteiger partial charge in [0.2, 0.25) is 0 Å². The van der Waals surface area contributed by atoms with Gasteiger partial charge in [-0.05, 0) is 72.2 Å². The molecule has 2 aromatic rings. The molecule has 4 rings (SSSR count). The van der Waals surface area contributed by atoms with Crippen LogP contribution in [0.15, 0.2) is 42.5 Å². The molecule has 1 aliphatic carbocycles. The minimum Gasteiger partial charge on any atom is -0.388 e. The SMILES string of the molecule is OC(c1ccc2c(c1)-c1ccccc1C2)C1CCNCC1. The van der Waals surface area contributed by atoms with Crippen LogP contribution in [0.25, 0.3) is 11.1 Å². The van der Waals surface area contributed by atoms with E-state index in [0.717, 1.165) is 37.9 Å². The molecule has 21 heavy (non-hydrogen) atoms. The fraction of sp³-hybridized carbons (Fsp3) is 0.368. The maximum atomic E-state index is 10.7. The number of piperidine rings is 1. The van der Waals surface area contributed by atoms with Gasteiger partial charge < -0.3 is 10.4 Å². The van der Waals surface area contributed by atoms with Gasteiger partial charge in [-0.3, -0.25) is 0 Å². The van der Waals surface area contributed by atoms with E-state index in [-0.39, 0.29) is 6.10 Å². The summed E-state index contributed by atoms with van der Waals surface area (Å²) < 4.78 is 0. The van der Waals surface area contributed by atoms with E-state index < -0.39 is 0 Å². The molecule has 0 amide bonds. The van der Waals surface area contributed by atoms with Gasteiger partial charge in [0.1, 0.15) is 0 Å². The normalized spacial score (nSPS) is 19.1. The van der Waals surface area contributed by atoms with Crippen molar-refractivity contribution >= 4 is 0 Å². The van der Waals surface area contributed by atoms with Crippen LogP contribution < -0.4 is 5.32 Å². The molecule has 0 bridgehead atoms. The average molecular weight is 279 g/mol. The second-order valence-electron chi connectivity index (χ2n) is 6.28. The Kier molecular flexibility index (Phi) is 3.28. The van der Waals surface area contributed by atoms with Crippen molar-refractivity contribution in [3.05, 3.63) is 59.2 Å². The van der Waals surface area contributed by atoms with Gasteiger partial charge in [-0.1, -0.05) is 36.4 Å². The van der Waals surface area contributed by atoms with E-state index in [1.54, 1.807) is 0 Å². The van der Waals surface area contributed by atoms with Gasteiger partial charge in [-0.15, -0.1) is 0 Å². The minimum atomic E-state index is -0.329. The summed E-state index contributed by atoms with van der Waals surface area (Å²) in [5.74, 6) is 0.390. The first-order valence-corrected chi connectivity index (χ1v) is 7.93. The monoisotopic (exact) mass is 279 g/mol. The second kappa shape index (κ2) is 5.28.